The third kappa shape index (κ3) is 3.89. The fraction of sp³-hybridized carbons (Fsp3) is 0.238. The number of methoxy groups -OCH3 is 1. The zero-order valence-electron chi connectivity index (χ0n) is 15.6. The van der Waals surface area contributed by atoms with E-state index in [2.05, 4.69) is 13.8 Å². The highest BCUT2D eigenvalue weighted by Gasteiger charge is 2.36. The maximum absolute atomic E-state index is 12.8. The predicted octanol–water partition coefficient (Wildman–Crippen LogP) is 6.02. The van der Waals surface area contributed by atoms with Crippen LogP contribution < -0.4 is 9.64 Å². The molecule has 1 aliphatic heterocycles. The van der Waals surface area contributed by atoms with Gasteiger partial charge in [-0.05, 0) is 77.7 Å². The Morgan fingerprint density at radius 3 is 2.56 bits per heavy atom. The van der Waals surface area contributed by atoms with Crippen LogP contribution in [0.15, 0.2) is 41.3 Å². The summed E-state index contributed by atoms with van der Waals surface area (Å²) in [6.45, 7) is 6.13. The molecule has 0 aromatic heterocycles. The van der Waals surface area contributed by atoms with E-state index in [1.165, 1.54) is 0 Å². The van der Waals surface area contributed by atoms with Gasteiger partial charge >= 0.3 is 0 Å². The molecular formula is C21H20ClNO3S. The molecule has 0 radical (unpaired) electrons. The lowest BCUT2D eigenvalue weighted by molar-refractivity contribution is -0.113. The second-order valence-electron chi connectivity index (χ2n) is 6.60. The second kappa shape index (κ2) is 7.79. The number of halogens is 1. The summed E-state index contributed by atoms with van der Waals surface area (Å²) in [5, 5.41) is 0.145. The van der Waals surface area contributed by atoms with E-state index in [1.54, 1.807) is 37.5 Å². The van der Waals surface area contributed by atoms with Gasteiger partial charge in [-0.3, -0.25) is 9.59 Å². The number of amides is 2. The molecule has 6 heteroatoms. The van der Waals surface area contributed by atoms with E-state index < -0.39 is 0 Å². The van der Waals surface area contributed by atoms with Gasteiger partial charge in [-0.25, -0.2) is 4.90 Å². The first-order valence-corrected chi connectivity index (χ1v) is 9.73. The number of hydrogen-bond donors (Lipinski definition) is 0. The number of nitrogens with zero attached hydrogens (tertiary/aromatic N) is 1. The van der Waals surface area contributed by atoms with Gasteiger partial charge in [0, 0.05) is 5.02 Å². The molecule has 1 fully saturated rings. The van der Waals surface area contributed by atoms with E-state index in [4.69, 9.17) is 16.3 Å². The molecule has 0 aliphatic carbocycles. The summed E-state index contributed by atoms with van der Waals surface area (Å²) in [5.41, 5.74) is 3.41. The van der Waals surface area contributed by atoms with Gasteiger partial charge in [0.1, 0.15) is 5.75 Å². The van der Waals surface area contributed by atoms with Crippen LogP contribution in [0.1, 0.15) is 36.5 Å². The lowest BCUT2D eigenvalue weighted by atomic mass is 9.96. The van der Waals surface area contributed by atoms with E-state index in [9.17, 15) is 9.59 Å². The summed E-state index contributed by atoms with van der Waals surface area (Å²) in [7, 11) is 1.65. The quantitative estimate of drug-likeness (QED) is 0.587. The molecule has 0 N–H and O–H groups in total. The van der Waals surface area contributed by atoms with Crippen molar-refractivity contribution in [3.05, 3.63) is 63.0 Å². The third-order valence-electron chi connectivity index (χ3n) is 4.39. The minimum Gasteiger partial charge on any atom is -0.496 e. The number of imide groups is 1. The Bertz CT molecular complexity index is 952. The molecule has 1 saturated heterocycles. The first-order chi connectivity index (χ1) is 12.8. The van der Waals surface area contributed by atoms with Gasteiger partial charge in [-0.15, -0.1) is 0 Å². The number of thioether (sulfide) groups is 1. The number of aryl methyl sites for hydroxylation is 1. The number of carbonyl (C=O) groups excluding carboxylic acids is 2. The molecule has 2 aromatic carbocycles. The van der Waals surface area contributed by atoms with E-state index in [-0.39, 0.29) is 17.1 Å². The Kier molecular flexibility index (Phi) is 5.63. The van der Waals surface area contributed by atoms with Crippen LogP contribution in [0.2, 0.25) is 5.02 Å². The third-order valence-corrected chi connectivity index (χ3v) is 5.49. The van der Waals surface area contributed by atoms with E-state index in [0.29, 0.717) is 15.6 Å². The van der Waals surface area contributed by atoms with Gasteiger partial charge in [-0.1, -0.05) is 31.5 Å². The van der Waals surface area contributed by atoms with Crippen molar-refractivity contribution >= 4 is 46.3 Å². The highest BCUT2D eigenvalue weighted by atomic mass is 35.5. The van der Waals surface area contributed by atoms with Crippen LogP contribution in [-0.2, 0) is 4.79 Å². The first-order valence-electron chi connectivity index (χ1n) is 8.54. The molecule has 0 atom stereocenters. The summed E-state index contributed by atoms with van der Waals surface area (Å²) >= 11 is 6.93. The smallest absolute Gasteiger partial charge is 0.298 e. The second-order valence-corrected chi connectivity index (χ2v) is 8.03. The molecular weight excluding hydrogens is 382 g/mol. The lowest BCUT2D eigenvalue weighted by Gasteiger charge is -2.15. The highest BCUT2D eigenvalue weighted by molar-refractivity contribution is 8.19. The molecule has 4 nitrogen and oxygen atoms in total. The maximum Gasteiger partial charge on any atom is 0.298 e. The van der Waals surface area contributed by atoms with Crippen LogP contribution in [0.5, 0.6) is 5.75 Å². The first kappa shape index (κ1) is 19.5. The topological polar surface area (TPSA) is 46.6 Å². The zero-order valence-corrected chi connectivity index (χ0v) is 17.1. The minimum atomic E-state index is -0.339. The number of anilines is 1. The van der Waals surface area contributed by atoms with Crippen LogP contribution in [0, 0.1) is 6.92 Å². The van der Waals surface area contributed by atoms with E-state index >= 15 is 0 Å². The molecule has 0 saturated carbocycles. The molecule has 2 aromatic rings. The van der Waals surface area contributed by atoms with Crippen LogP contribution in [0.25, 0.3) is 6.08 Å². The Labute approximate surface area is 168 Å². The summed E-state index contributed by atoms with van der Waals surface area (Å²) in [6.07, 6.45) is 1.77. The summed E-state index contributed by atoms with van der Waals surface area (Å²) in [6, 6.07) is 10.7. The van der Waals surface area contributed by atoms with Gasteiger partial charge in [0.15, 0.2) is 0 Å². The van der Waals surface area contributed by atoms with E-state index in [1.807, 2.05) is 19.1 Å². The van der Waals surface area contributed by atoms with Gasteiger partial charge < -0.3 is 4.74 Å². The Balaban J connectivity index is 2.00. The molecule has 1 aliphatic rings. The van der Waals surface area contributed by atoms with Gasteiger partial charge in [0.25, 0.3) is 11.1 Å². The van der Waals surface area contributed by atoms with Crippen molar-refractivity contribution in [2.75, 3.05) is 12.0 Å². The van der Waals surface area contributed by atoms with Crippen molar-refractivity contribution in [1.82, 2.24) is 0 Å². The van der Waals surface area contributed by atoms with Crippen molar-refractivity contribution in [3.8, 4) is 5.75 Å². The zero-order chi connectivity index (χ0) is 19.7. The van der Waals surface area contributed by atoms with Crippen LogP contribution in [0.3, 0.4) is 0 Å². The van der Waals surface area contributed by atoms with Crippen LogP contribution >= 0.6 is 23.4 Å². The summed E-state index contributed by atoms with van der Waals surface area (Å²) < 4.78 is 5.47. The predicted molar refractivity (Wildman–Crippen MR) is 112 cm³/mol. The molecule has 27 heavy (non-hydrogen) atoms. The molecule has 1 heterocycles. The maximum atomic E-state index is 12.8. The van der Waals surface area contributed by atoms with Crippen molar-refractivity contribution in [3.63, 3.8) is 0 Å². The molecule has 2 amide bonds. The van der Waals surface area contributed by atoms with Crippen molar-refractivity contribution in [2.45, 2.75) is 26.7 Å². The normalized spacial score (nSPS) is 15.9. The Morgan fingerprint density at radius 2 is 1.93 bits per heavy atom. The average molecular weight is 402 g/mol. The monoisotopic (exact) mass is 401 g/mol. The van der Waals surface area contributed by atoms with E-state index in [0.717, 1.165) is 39.1 Å². The van der Waals surface area contributed by atoms with Crippen LogP contribution in [0.4, 0.5) is 10.5 Å². The molecule has 0 bridgehead atoms. The highest BCUT2D eigenvalue weighted by Crippen LogP contribution is 2.38. The van der Waals surface area contributed by atoms with Crippen molar-refractivity contribution < 1.29 is 14.3 Å². The number of benzene rings is 2. The van der Waals surface area contributed by atoms with Gasteiger partial charge in [0.2, 0.25) is 0 Å². The lowest BCUT2D eigenvalue weighted by Crippen LogP contribution is -2.27. The van der Waals surface area contributed by atoms with Gasteiger partial charge in [0.05, 0.1) is 17.7 Å². The number of rotatable bonds is 4. The molecule has 0 unspecified atom stereocenters. The SMILES string of the molecule is COc1cc(C)c(/C=C2/SC(=O)N(c3cccc(Cl)c3)C2=O)cc1C(C)C. The Morgan fingerprint density at radius 1 is 1.19 bits per heavy atom. The average Bonchev–Trinajstić information content (AvgIpc) is 2.89. The number of hydrogen-bond acceptors (Lipinski definition) is 4. The summed E-state index contributed by atoms with van der Waals surface area (Å²) in [5.74, 6) is 0.759. The van der Waals surface area contributed by atoms with Crippen molar-refractivity contribution in [1.29, 1.82) is 0 Å². The Hall–Kier alpha value is -2.24. The molecule has 3 rings (SSSR count). The minimum absolute atomic E-state index is 0.272. The van der Waals surface area contributed by atoms with Crippen molar-refractivity contribution in [2.24, 2.45) is 0 Å². The largest absolute Gasteiger partial charge is 0.496 e. The fourth-order valence-electron chi connectivity index (χ4n) is 2.95. The standard InChI is InChI=1S/C21H20ClNO3S/c1-12(2)17-9-14(13(3)8-18(17)26-4)10-19-20(24)23(21(25)27-19)16-7-5-6-15(22)11-16/h5-12H,1-4H3/b19-10+. The summed E-state index contributed by atoms with van der Waals surface area (Å²) in [4.78, 5) is 26.8. The number of carbonyl (C=O) groups is 2. The molecule has 0 spiro atoms. The van der Waals surface area contributed by atoms with Crippen LogP contribution in [-0.4, -0.2) is 18.3 Å². The fourth-order valence-corrected chi connectivity index (χ4v) is 3.96. The van der Waals surface area contributed by atoms with Gasteiger partial charge in [-0.2, -0.15) is 0 Å². The number of ether oxygens (including phenoxy) is 1. The molecule has 140 valence electrons.